The van der Waals surface area contributed by atoms with Gasteiger partial charge in [-0.1, -0.05) is 200 Å². The smallest absolute Gasteiger partial charge is 0.143 e. The van der Waals surface area contributed by atoms with Gasteiger partial charge in [0.25, 0.3) is 0 Å². The average molecular weight is 905 g/mol. The van der Waals surface area contributed by atoms with E-state index in [1.54, 1.807) is 0 Å². The highest BCUT2D eigenvalue weighted by Crippen LogP contribution is 2.46. The highest BCUT2D eigenvalue weighted by Gasteiger charge is 2.22. The number of furan rings is 1. The number of hydrogen-bond acceptors (Lipinski definition) is 2. The van der Waals surface area contributed by atoms with Crippen molar-refractivity contribution in [3.8, 4) is 50.2 Å². The Morgan fingerprint density at radius 1 is 0.296 bits per heavy atom. The zero-order chi connectivity index (χ0) is 46.8. The van der Waals surface area contributed by atoms with Crippen LogP contribution in [0.5, 0.6) is 0 Å². The van der Waals surface area contributed by atoms with Crippen LogP contribution in [0.15, 0.2) is 271 Å². The third-order valence-electron chi connectivity index (χ3n) is 14.4. The van der Waals surface area contributed by atoms with E-state index in [2.05, 4.69) is 270 Å². The molecule has 332 valence electrons. The van der Waals surface area contributed by atoms with Gasteiger partial charge < -0.3 is 13.9 Å². The van der Waals surface area contributed by atoms with Crippen molar-refractivity contribution in [2.75, 3.05) is 4.90 Å². The Balaban J connectivity index is 0.889. The minimum atomic E-state index is 0.884. The van der Waals surface area contributed by atoms with Crippen molar-refractivity contribution in [1.82, 2.24) is 4.57 Å². The molecule has 0 amide bonds. The molecule has 0 N–H and O–H groups in total. The number of aromatic nitrogens is 1. The molecule has 0 aliphatic heterocycles. The zero-order valence-electron chi connectivity index (χ0n) is 38.7. The molecule has 0 spiro atoms. The molecule has 3 nitrogen and oxygen atoms in total. The monoisotopic (exact) mass is 904 g/mol. The SMILES string of the molecule is c1cc(-c2ccc(N(c3ccc(-c4cc5ccccc5c5ccccc45)cc3)c3ccccc3-c3cccc4c3oc3ccccc34)cc2)cc(-c2ccccc2-n2c3ccccc3c3ccccc32)c1. The first-order chi connectivity index (χ1) is 35.2. The maximum atomic E-state index is 6.67. The van der Waals surface area contributed by atoms with Crippen LogP contribution in [0.1, 0.15) is 0 Å². The van der Waals surface area contributed by atoms with Gasteiger partial charge in [0.2, 0.25) is 0 Å². The normalized spacial score (nSPS) is 11.7. The average Bonchev–Trinajstić information content (AvgIpc) is 4.00. The van der Waals surface area contributed by atoms with Crippen LogP contribution in [0.4, 0.5) is 17.1 Å². The second kappa shape index (κ2) is 16.7. The summed E-state index contributed by atoms with van der Waals surface area (Å²) in [7, 11) is 0. The van der Waals surface area contributed by atoms with Gasteiger partial charge in [-0.25, -0.2) is 0 Å². The summed E-state index contributed by atoms with van der Waals surface area (Å²) in [6.07, 6.45) is 0. The second-order valence-corrected chi connectivity index (χ2v) is 18.4. The van der Waals surface area contributed by atoms with Crippen molar-refractivity contribution in [3.63, 3.8) is 0 Å². The summed E-state index contributed by atoms with van der Waals surface area (Å²) < 4.78 is 9.08. The Bertz CT molecular complexity index is 4290. The molecule has 0 aliphatic carbocycles. The van der Waals surface area contributed by atoms with E-state index in [0.29, 0.717) is 0 Å². The Morgan fingerprint density at radius 2 is 0.831 bits per heavy atom. The molecule has 2 aromatic heterocycles. The molecule has 14 rings (SSSR count). The van der Waals surface area contributed by atoms with E-state index in [1.165, 1.54) is 65.6 Å². The maximum Gasteiger partial charge on any atom is 0.143 e. The first kappa shape index (κ1) is 40.6. The molecule has 2 heterocycles. The van der Waals surface area contributed by atoms with Crippen LogP contribution in [-0.4, -0.2) is 4.57 Å². The Morgan fingerprint density at radius 3 is 1.59 bits per heavy atom. The summed E-state index contributed by atoms with van der Waals surface area (Å²) in [5.41, 5.74) is 17.7. The topological polar surface area (TPSA) is 21.3 Å². The van der Waals surface area contributed by atoms with Crippen LogP contribution in [0.25, 0.3) is 115 Å². The lowest BCUT2D eigenvalue weighted by Crippen LogP contribution is -2.11. The first-order valence-electron chi connectivity index (χ1n) is 24.3. The summed E-state index contributed by atoms with van der Waals surface area (Å²) >= 11 is 0. The van der Waals surface area contributed by atoms with Crippen molar-refractivity contribution in [3.05, 3.63) is 267 Å². The number of fused-ring (bicyclic) bond motifs is 9. The van der Waals surface area contributed by atoms with Crippen LogP contribution in [0.3, 0.4) is 0 Å². The van der Waals surface area contributed by atoms with Gasteiger partial charge in [0.1, 0.15) is 11.2 Å². The molecule has 71 heavy (non-hydrogen) atoms. The van der Waals surface area contributed by atoms with Gasteiger partial charge in [-0.2, -0.15) is 0 Å². The lowest BCUT2D eigenvalue weighted by molar-refractivity contribution is 0.670. The number of hydrogen-bond donors (Lipinski definition) is 0. The zero-order valence-corrected chi connectivity index (χ0v) is 38.7. The van der Waals surface area contributed by atoms with E-state index in [0.717, 1.165) is 66.9 Å². The molecule has 0 unspecified atom stereocenters. The van der Waals surface area contributed by atoms with E-state index in [1.807, 2.05) is 6.07 Å². The fourth-order valence-corrected chi connectivity index (χ4v) is 11.1. The lowest BCUT2D eigenvalue weighted by atomic mass is 9.93. The molecule has 3 heteroatoms. The molecule has 0 saturated carbocycles. The van der Waals surface area contributed by atoms with Crippen LogP contribution in [0, 0.1) is 0 Å². The number of nitrogens with zero attached hydrogens (tertiary/aromatic N) is 2. The third kappa shape index (κ3) is 6.74. The molecule has 12 aromatic carbocycles. The first-order valence-corrected chi connectivity index (χ1v) is 24.3. The standard InChI is InChI=1S/C68H44N2O/c1-2-20-52-49(17-1)44-62(55-23-4-3-22-54(52)55)46-37-41-51(42-38-46)69(64-31-11-8-26-58(64)60-28-16-29-61-59-27-9-14-34-67(59)71-68(60)61)50-39-35-45(36-40-50)47-18-15-19-48(43-47)53-21-5-10-30-63(53)70-65-32-12-6-24-56(65)57-25-7-13-33-66(57)70/h1-44H. The van der Waals surface area contributed by atoms with Crippen molar-refractivity contribution >= 4 is 82.4 Å². The molecule has 0 atom stereocenters. The van der Waals surface area contributed by atoms with Gasteiger partial charge in [-0.3, -0.25) is 0 Å². The Labute approximate surface area is 411 Å². The summed E-state index contributed by atoms with van der Waals surface area (Å²) in [4.78, 5) is 2.39. The number of rotatable bonds is 8. The molecular formula is C68H44N2O. The fourth-order valence-electron chi connectivity index (χ4n) is 11.1. The Kier molecular flexibility index (Phi) is 9.53. The number of benzene rings is 12. The minimum Gasteiger partial charge on any atom is -0.455 e. The summed E-state index contributed by atoms with van der Waals surface area (Å²) in [5, 5.41) is 9.74. The van der Waals surface area contributed by atoms with E-state index in [-0.39, 0.29) is 0 Å². The van der Waals surface area contributed by atoms with Crippen LogP contribution in [-0.2, 0) is 0 Å². The molecule has 0 bridgehead atoms. The van der Waals surface area contributed by atoms with Gasteiger partial charge >= 0.3 is 0 Å². The molecule has 14 aromatic rings. The van der Waals surface area contributed by atoms with E-state index >= 15 is 0 Å². The molecule has 0 aliphatic rings. The highest BCUT2D eigenvalue weighted by atomic mass is 16.3. The van der Waals surface area contributed by atoms with Crippen LogP contribution >= 0.6 is 0 Å². The minimum absolute atomic E-state index is 0.884. The van der Waals surface area contributed by atoms with E-state index in [4.69, 9.17) is 4.42 Å². The van der Waals surface area contributed by atoms with Crippen molar-refractivity contribution in [2.24, 2.45) is 0 Å². The molecule has 0 saturated heterocycles. The number of para-hydroxylation sites is 6. The van der Waals surface area contributed by atoms with Gasteiger partial charge in [0.15, 0.2) is 0 Å². The van der Waals surface area contributed by atoms with Crippen LogP contribution in [0.2, 0.25) is 0 Å². The van der Waals surface area contributed by atoms with Crippen molar-refractivity contribution < 1.29 is 4.42 Å². The Hall–Kier alpha value is -9.44. The highest BCUT2D eigenvalue weighted by molar-refractivity contribution is 6.14. The third-order valence-corrected chi connectivity index (χ3v) is 14.4. The van der Waals surface area contributed by atoms with Crippen molar-refractivity contribution in [1.29, 1.82) is 0 Å². The van der Waals surface area contributed by atoms with Gasteiger partial charge in [-0.15, -0.1) is 0 Å². The largest absolute Gasteiger partial charge is 0.455 e. The van der Waals surface area contributed by atoms with E-state index in [9.17, 15) is 0 Å². The van der Waals surface area contributed by atoms with Gasteiger partial charge in [-0.05, 0) is 116 Å². The predicted octanol–water partition coefficient (Wildman–Crippen LogP) is 19.1. The lowest BCUT2D eigenvalue weighted by Gasteiger charge is -2.28. The molecule has 0 radical (unpaired) electrons. The quantitative estimate of drug-likeness (QED) is 0.142. The number of anilines is 3. The summed E-state index contributed by atoms with van der Waals surface area (Å²) in [5.74, 6) is 0. The van der Waals surface area contributed by atoms with Gasteiger partial charge in [0.05, 0.1) is 22.4 Å². The maximum absolute atomic E-state index is 6.67. The summed E-state index contributed by atoms with van der Waals surface area (Å²) in [6.45, 7) is 0. The van der Waals surface area contributed by atoms with E-state index < -0.39 is 0 Å². The fraction of sp³-hybridized carbons (Fsp3) is 0. The molecule has 0 fully saturated rings. The summed E-state index contributed by atoms with van der Waals surface area (Å²) in [6, 6.07) is 96.6. The van der Waals surface area contributed by atoms with Gasteiger partial charge in [0, 0.05) is 49.6 Å². The predicted molar refractivity (Wildman–Crippen MR) is 299 cm³/mol. The van der Waals surface area contributed by atoms with Crippen LogP contribution < -0.4 is 4.90 Å². The second-order valence-electron chi connectivity index (χ2n) is 18.4. The molecular weight excluding hydrogens is 861 g/mol. The van der Waals surface area contributed by atoms with Crippen molar-refractivity contribution in [2.45, 2.75) is 0 Å².